The molecule has 0 heterocycles. The van der Waals surface area contributed by atoms with E-state index in [0.29, 0.717) is 6.42 Å². The molecule has 4 heteroatoms. The number of aliphatic carboxylic acids is 1. The van der Waals surface area contributed by atoms with Gasteiger partial charge in [-0.05, 0) is 12.0 Å². The number of carbonyl (C=O) groups is 1. The van der Waals surface area contributed by atoms with Crippen LogP contribution in [-0.2, 0) is 11.2 Å². The second-order valence-corrected chi connectivity index (χ2v) is 2.38. The fourth-order valence-electron chi connectivity index (χ4n) is 0.896. The van der Waals surface area contributed by atoms with E-state index in [1.807, 2.05) is 30.3 Å². The van der Waals surface area contributed by atoms with Gasteiger partial charge >= 0.3 is 65.1 Å². The Morgan fingerprint density at radius 1 is 1.23 bits per heavy atom. The van der Waals surface area contributed by atoms with Crippen LogP contribution in [0.15, 0.2) is 30.3 Å². The van der Waals surface area contributed by atoms with E-state index in [-0.39, 0.29) is 68.4 Å². The van der Waals surface area contributed by atoms with E-state index in [9.17, 15) is 4.79 Å². The Kier molecular flexibility index (Phi) is 11.5. The fourth-order valence-corrected chi connectivity index (χ4v) is 0.896. The first-order valence-corrected chi connectivity index (χ1v) is 3.55. The zero-order valence-electron chi connectivity index (χ0n) is 10.2. The molecule has 0 aliphatic carbocycles. The Morgan fingerprint density at radius 2 is 1.77 bits per heavy atom. The van der Waals surface area contributed by atoms with Gasteiger partial charge in [0.2, 0.25) is 0 Å². The SMILES string of the molecule is O=C(O)CCc1ccccc1.[H-].[H-].[Na+].[Na+]. The molecule has 62 valence electrons. The Balaban J connectivity index is -0.000000151. The fraction of sp³-hybridized carbons (Fsp3) is 0.222. The zero-order valence-corrected chi connectivity index (χ0v) is 12.2. The van der Waals surface area contributed by atoms with E-state index in [0.717, 1.165) is 5.56 Å². The van der Waals surface area contributed by atoms with Gasteiger partial charge in [-0.2, -0.15) is 0 Å². The molecule has 13 heavy (non-hydrogen) atoms. The van der Waals surface area contributed by atoms with Crippen molar-refractivity contribution in [1.82, 2.24) is 0 Å². The average molecular weight is 198 g/mol. The maximum Gasteiger partial charge on any atom is 1.00 e. The summed E-state index contributed by atoms with van der Waals surface area (Å²) in [4.78, 5) is 10.2. The topological polar surface area (TPSA) is 37.3 Å². The van der Waals surface area contributed by atoms with Gasteiger partial charge in [-0.3, -0.25) is 4.79 Å². The molecule has 0 aromatic heterocycles. The van der Waals surface area contributed by atoms with Crippen molar-refractivity contribution in [3.8, 4) is 0 Å². The zero-order chi connectivity index (χ0) is 8.10. The number of rotatable bonds is 3. The Bertz CT molecular complexity index is 245. The minimum atomic E-state index is -0.742. The Labute approximate surface area is 125 Å². The monoisotopic (exact) mass is 198 g/mol. The smallest absolute Gasteiger partial charge is 1.00 e. The van der Waals surface area contributed by atoms with Crippen LogP contribution in [0.1, 0.15) is 14.8 Å². The normalized spacial score (nSPS) is 8.00. The van der Waals surface area contributed by atoms with Crippen molar-refractivity contribution < 1.29 is 71.9 Å². The third-order valence-electron chi connectivity index (χ3n) is 1.47. The number of hydrogen-bond donors (Lipinski definition) is 1. The van der Waals surface area contributed by atoms with Gasteiger partial charge < -0.3 is 7.96 Å². The van der Waals surface area contributed by atoms with Gasteiger partial charge in [0.25, 0.3) is 0 Å². The van der Waals surface area contributed by atoms with Crippen LogP contribution in [0.4, 0.5) is 0 Å². The minimum absolute atomic E-state index is 0. The van der Waals surface area contributed by atoms with E-state index < -0.39 is 5.97 Å². The van der Waals surface area contributed by atoms with Gasteiger partial charge in [0.15, 0.2) is 0 Å². The van der Waals surface area contributed by atoms with Crippen molar-refractivity contribution in [2.24, 2.45) is 0 Å². The van der Waals surface area contributed by atoms with Gasteiger partial charge in [0, 0.05) is 6.42 Å². The van der Waals surface area contributed by atoms with Gasteiger partial charge in [0.05, 0.1) is 0 Å². The number of benzene rings is 1. The molecule has 0 radical (unpaired) electrons. The summed E-state index contributed by atoms with van der Waals surface area (Å²) in [5.74, 6) is -0.742. The van der Waals surface area contributed by atoms with E-state index in [2.05, 4.69) is 0 Å². The van der Waals surface area contributed by atoms with Gasteiger partial charge in [-0.1, -0.05) is 30.3 Å². The molecule has 2 nitrogen and oxygen atoms in total. The molecule has 0 atom stereocenters. The number of hydrogen-bond acceptors (Lipinski definition) is 1. The summed E-state index contributed by atoms with van der Waals surface area (Å²) < 4.78 is 0. The Morgan fingerprint density at radius 3 is 2.23 bits per heavy atom. The van der Waals surface area contributed by atoms with Crippen molar-refractivity contribution in [3.05, 3.63) is 35.9 Å². The van der Waals surface area contributed by atoms with Crippen LogP contribution in [0.25, 0.3) is 0 Å². The molecular formula is C9H12Na2O2. The second-order valence-electron chi connectivity index (χ2n) is 2.38. The van der Waals surface area contributed by atoms with Gasteiger partial charge in [0.1, 0.15) is 0 Å². The number of aryl methyl sites for hydroxylation is 1. The summed E-state index contributed by atoms with van der Waals surface area (Å²) in [6, 6.07) is 9.62. The largest absolute Gasteiger partial charge is 1.00 e. The molecule has 0 bridgehead atoms. The summed E-state index contributed by atoms with van der Waals surface area (Å²) >= 11 is 0. The van der Waals surface area contributed by atoms with E-state index in [4.69, 9.17) is 5.11 Å². The number of carboxylic acids is 1. The molecule has 0 spiro atoms. The van der Waals surface area contributed by atoms with Crippen LogP contribution < -0.4 is 59.1 Å². The van der Waals surface area contributed by atoms with Crippen LogP contribution in [0.5, 0.6) is 0 Å². The standard InChI is InChI=1S/C9H10O2.2Na.2H/c10-9(11)7-6-8-4-2-1-3-5-8;;;;/h1-5H,6-7H2,(H,10,11);;;;/q;2*+1;2*-1. The quantitative estimate of drug-likeness (QED) is 0.502. The van der Waals surface area contributed by atoms with Crippen molar-refractivity contribution in [1.29, 1.82) is 0 Å². The van der Waals surface area contributed by atoms with Crippen molar-refractivity contribution in [2.75, 3.05) is 0 Å². The first kappa shape index (κ1) is 16.1. The molecular weight excluding hydrogens is 186 g/mol. The second kappa shape index (κ2) is 9.25. The molecule has 0 aliphatic rings. The Hall–Kier alpha value is 0.690. The summed E-state index contributed by atoms with van der Waals surface area (Å²) in [5.41, 5.74) is 1.08. The molecule has 0 aliphatic heterocycles. The third kappa shape index (κ3) is 7.74. The molecule has 0 fully saturated rings. The van der Waals surface area contributed by atoms with Crippen molar-refractivity contribution >= 4 is 5.97 Å². The van der Waals surface area contributed by atoms with Gasteiger partial charge in [-0.15, -0.1) is 0 Å². The molecule has 0 saturated heterocycles. The van der Waals surface area contributed by atoms with Crippen LogP contribution >= 0.6 is 0 Å². The molecule has 1 rings (SSSR count). The van der Waals surface area contributed by atoms with E-state index in [1.54, 1.807) is 0 Å². The summed E-state index contributed by atoms with van der Waals surface area (Å²) in [6.45, 7) is 0. The molecule has 0 saturated carbocycles. The first-order valence-electron chi connectivity index (χ1n) is 3.55. The van der Waals surface area contributed by atoms with Crippen LogP contribution in [0.3, 0.4) is 0 Å². The summed E-state index contributed by atoms with van der Waals surface area (Å²) in [5, 5.41) is 8.37. The molecule has 1 N–H and O–H groups in total. The average Bonchev–Trinajstić information content (AvgIpc) is 2.03. The molecule has 1 aromatic rings. The van der Waals surface area contributed by atoms with E-state index in [1.165, 1.54) is 0 Å². The van der Waals surface area contributed by atoms with Crippen LogP contribution in [0, 0.1) is 0 Å². The van der Waals surface area contributed by atoms with Crippen molar-refractivity contribution in [2.45, 2.75) is 12.8 Å². The van der Waals surface area contributed by atoms with Crippen LogP contribution in [-0.4, -0.2) is 11.1 Å². The third-order valence-corrected chi connectivity index (χ3v) is 1.47. The maximum absolute atomic E-state index is 10.2. The summed E-state index contributed by atoms with van der Waals surface area (Å²) in [6.07, 6.45) is 0.834. The summed E-state index contributed by atoms with van der Waals surface area (Å²) in [7, 11) is 0. The van der Waals surface area contributed by atoms with Gasteiger partial charge in [-0.25, -0.2) is 0 Å². The minimum Gasteiger partial charge on any atom is -1.00 e. The first-order chi connectivity index (χ1) is 5.29. The van der Waals surface area contributed by atoms with E-state index >= 15 is 0 Å². The predicted octanol–water partition coefficient (Wildman–Crippen LogP) is -4.06. The van der Waals surface area contributed by atoms with Crippen LogP contribution in [0.2, 0.25) is 0 Å². The maximum atomic E-state index is 10.2. The molecule has 0 unspecified atom stereocenters. The molecule has 1 aromatic carbocycles. The van der Waals surface area contributed by atoms with Crippen molar-refractivity contribution in [3.63, 3.8) is 0 Å². The molecule has 0 amide bonds. The number of carboxylic acid groups (broad SMARTS) is 1. The predicted molar refractivity (Wildman–Crippen MR) is 44.6 cm³/mol.